The van der Waals surface area contributed by atoms with Crippen molar-refractivity contribution < 1.29 is 9.90 Å². The Kier molecular flexibility index (Phi) is 4.60. The standard InChI is InChI=1S/C22H21N3O2/c1-25-13-11-17-16(15-6-3-2-4-7-15)9-10-20(19(17)14-25)24-21-18(22(26)27)8-5-12-23-21/h2-10,12H,11,13-14H2,1H3,(H,23,24)(H,26,27). The van der Waals surface area contributed by atoms with Crippen molar-refractivity contribution in [2.75, 3.05) is 18.9 Å². The lowest BCUT2D eigenvalue weighted by molar-refractivity contribution is 0.0697. The predicted molar refractivity (Wildman–Crippen MR) is 106 cm³/mol. The molecule has 3 aromatic rings. The molecule has 0 amide bonds. The molecule has 0 spiro atoms. The summed E-state index contributed by atoms with van der Waals surface area (Å²) in [6.07, 6.45) is 2.56. The molecule has 0 saturated heterocycles. The first kappa shape index (κ1) is 17.2. The van der Waals surface area contributed by atoms with Crippen LogP contribution in [0.5, 0.6) is 0 Å². The predicted octanol–water partition coefficient (Wildman–Crippen LogP) is 4.18. The third kappa shape index (κ3) is 3.41. The molecule has 4 rings (SSSR count). The maximum absolute atomic E-state index is 11.5. The van der Waals surface area contributed by atoms with E-state index >= 15 is 0 Å². The minimum Gasteiger partial charge on any atom is -0.478 e. The van der Waals surface area contributed by atoms with Crippen molar-refractivity contribution in [3.63, 3.8) is 0 Å². The molecule has 2 heterocycles. The van der Waals surface area contributed by atoms with Crippen molar-refractivity contribution in [2.24, 2.45) is 0 Å². The number of hydrogen-bond donors (Lipinski definition) is 2. The molecule has 1 aromatic heterocycles. The zero-order valence-electron chi connectivity index (χ0n) is 15.1. The summed E-state index contributed by atoms with van der Waals surface area (Å²) >= 11 is 0. The molecule has 1 aliphatic rings. The Bertz CT molecular complexity index is 986. The van der Waals surface area contributed by atoms with E-state index in [-0.39, 0.29) is 5.56 Å². The van der Waals surface area contributed by atoms with Crippen LogP contribution in [0, 0.1) is 0 Å². The van der Waals surface area contributed by atoms with E-state index in [0.29, 0.717) is 5.82 Å². The Morgan fingerprint density at radius 2 is 1.89 bits per heavy atom. The number of nitrogens with zero attached hydrogens (tertiary/aromatic N) is 2. The Labute approximate surface area is 158 Å². The fourth-order valence-corrected chi connectivity index (χ4v) is 3.62. The number of aromatic carboxylic acids is 1. The van der Waals surface area contributed by atoms with Gasteiger partial charge in [-0.25, -0.2) is 9.78 Å². The minimum absolute atomic E-state index is 0.169. The number of hydrogen-bond acceptors (Lipinski definition) is 4. The molecule has 0 fully saturated rings. The number of carboxylic acid groups (broad SMARTS) is 1. The highest BCUT2D eigenvalue weighted by molar-refractivity contribution is 5.94. The normalized spacial score (nSPS) is 13.8. The van der Waals surface area contributed by atoms with Crippen LogP contribution in [0.15, 0.2) is 60.8 Å². The third-order valence-corrected chi connectivity index (χ3v) is 4.98. The molecule has 27 heavy (non-hydrogen) atoms. The summed E-state index contributed by atoms with van der Waals surface area (Å²) in [5.41, 5.74) is 6.04. The van der Waals surface area contributed by atoms with E-state index in [2.05, 4.69) is 52.6 Å². The highest BCUT2D eigenvalue weighted by Gasteiger charge is 2.21. The smallest absolute Gasteiger partial charge is 0.339 e. The molecule has 0 radical (unpaired) electrons. The van der Waals surface area contributed by atoms with E-state index in [4.69, 9.17) is 0 Å². The Hall–Kier alpha value is -3.18. The van der Waals surface area contributed by atoms with Gasteiger partial charge in [-0.05, 0) is 53.9 Å². The van der Waals surface area contributed by atoms with Crippen LogP contribution >= 0.6 is 0 Å². The summed E-state index contributed by atoms with van der Waals surface area (Å²) in [5, 5.41) is 12.7. The van der Waals surface area contributed by atoms with Gasteiger partial charge in [-0.2, -0.15) is 0 Å². The van der Waals surface area contributed by atoms with Crippen molar-refractivity contribution in [3.05, 3.63) is 77.5 Å². The number of likely N-dealkylation sites (N-methyl/N-ethyl adjacent to an activating group) is 1. The quantitative estimate of drug-likeness (QED) is 0.732. The van der Waals surface area contributed by atoms with Crippen LogP contribution in [0.1, 0.15) is 21.5 Å². The summed E-state index contributed by atoms with van der Waals surface area (Å²) < 4.78 is 0. The van der Waals surface area contributed by atoms with Crippen LogP contribution in [0.4, 0.5) is 11.5 Å². The zero-order valence-corrected chi connectivity index (χ0v) is 15.1. The number of carbonyl (C=O) groups is 1. The van der Waals surface area contributed by atoms with Crippen LogP contribution in [-0.2, 0) is 13.0 Å². The highest BCUT2D eigenvalue weighted by atomic mass is 16.4. The average molecular weight is 359 g/mol. The van der Waals surface area contributed by atoms with E-state index < -0.39 is 5.97 Å². The summed E-state index contributed by atoms with van der Waals surface area (Å²) in [6, 6.07) is 17.7. The second kappa shape index (κ2) is 7.21. The minimum atomic E-state index is -0.988. The molecule has 0 unspecified atom stereocenters. The zero-order chi connectivity index (χ0) is 18.8. The molecule has 5 heteroatoms. The number of nitrogens with one attached hydrogen (secondary N) is 1. The van der Waals surface area contributed by atoms with Crippen LogP contribution in [0.3, 0.4) is 0 Å². The topological polar surface area (TPSA) is 65.5 Å². The van der Waals surface area contributed by atoms with Gasteiger partial charge in [-0.1, -0.05) is 36.4 Å². The van der Waals surface area contributed by atoms with Crippen molar-refractivity contribution in [2.45, 2.75) is 13.0 Å². The van der Waals surface area contributed by atoms with Gasteiger partial charge >= 0.3 is 5.97 Å². The summed E-state index contributed by atoms with van der Waals surface area (Å²) in [6.45, 7) is 1.81. The second-order valence-electron chi connectivity index (χ2n) is 6.80. The maximum Gasteiger partial charge on any atom is 0.339 e. The fourth-order valence-electron chi connectivity index (χ4n) is 3.62. The second-order valence-corrected chi connectivity index (χ2v) is 6.80. The number of pyridine rings is 1. The van der Waals surface area contributed by atoms with E-state index in [1.165, 1.54) is 22.3 Å². The number of benzene rings is 2. The van der Waals surface area contributed by atoms with Crippen LogP contribution < -0.4 is 5.32 Å². The van der Waals surface area contributed by atoms with E-state index in [9.17, 15) is 9.90 Å². The lowest BCUT2D eigenvalue weighted by atomic mass is 9.89. The number of carboxylic acids is 1. The molecule has 0 bridgehead atoms. The lowest BCUT2D eigenvalue weighted by Crippen LogP contribution is -2.27. The van der Waals surface area contributed by atoms with Crippen LogP contribution in [0.25, 0.3) is 11.1 Å². The van der Waals surface area contributed by atoms with Crippen LogP contribution in [0.2, 0.25) is 0 Å². The van der Waals surface area contributed by atoms with Gasteiger partial charge < -0.3 is 15.3 Å². The fraction of sp³-hybridized carbons (Fsp3) is 0.182. The first-order valence-electron chi connectivity index (χ1n) is 8.97. The molecule has 1 aliphatic heterocycles. The number of fused-ring (bicyclic) bond motifs is 1. The first-order valence-corrected chi connectivity index (χ1v) is 8.97. The van der Waals surface area contributed by atoms with Gasteiger partial charge in [0.2, 0.25) is 0 Å². The third-order valence-electron chi connectivity index (χ3n) is 4.98. The number of anilines is 2. The molecule has 2 N–H and O–H groups in total. The monoisotopic (exact) mass is 359 g/mol. The molecular weight excluding hydrogens is 338 g/mol. The highest BCUT2D eigenvalue weighted by Crippen LogP contribution is 2.35. The van der Waals surface area contributed by atoms with Crippen molar-refractivity contribution >= 4 is 17.5 Å². The van der Waals surface area contributed by atoms with Gasteiger partial charge in [-0.15, -0.1) is 0 Å². The van der Waals surface area contributed by atoms with Gasteiger partial charge in [0.25, 0.3) is 0 Å². The van der Waals surface area contributed by atoms with Crippen molar-refractivity contribution in [1.82, 2.24) is 9.88 Å². The van der Waals surface area contributed by atoms with Gasteiger partial charge in [0.05, 0.1) is 0 Å². The first-order chi connectivity index (χ1) is 13.1. The lowest BCUT2D eigenvalue weighted by Gasteiger charge is -2.29. The molecule has 5 nitrogen and oxygen atoms in total. The Balaban J connectivity index is 1.80. The largest absolute Gasteiger partial charge is 0.478 e. The maximum atomic E-state index is 11.5. The molecule has 0 saturated carbocycles. The molecular formula is C22H21N3O2. The van der Waals surface area contributed by atoms with Gasteiger partial charge in [0.15, 0.2) is 0 Å². The van der Waals surface area contributed by atoms with E-state index in [1.54, 1.807) is 18.3 Å². The Morgan fingerprint density at radius 1 is 1.07 bits per heavy atom. The molecule has 0 atom stereocenters. The van der Waals surface area contributed by atoms with Crippen molar-refractivity contribution in [1.29, 1.82) is 0 Å². The molecule has 2 aromatic carbocycles. The van der Waals surface area contributed by atoms with E-state index in [0.717, 1.165) is 25.2 Å². The average Bonchev–Trinajstić information content (AvgIpc) is 2.69. The summed E-state index contributed by atoms with van der Waals surface area (Å²) in [5.74, 6) is -0.620. The van der Waals surface area contributed by atoms with E-state index in [1.807, 2.05) is 12.1 Å². The molecule has 0 aliphatic carbocycles. The molecule has 136 valence electrons. The number of aromatic nitrogens is 1. The van der Waals surface area contributed by atoms with Crippen molar-refractivity contribution in [3.8, 4) is 11.1 Å². The van der Waals surface area contributed by atoms with Gasteiger partial charge in [-0.3, -0.25) is 0 Å². The van der Waals surface area contributed by atoms with Crippen LogP contribution in [-0.4, -0.2) is 34.6 Å². The summed E-state index contributed by atoms with van der Waals surface area (Å²) in [7, 11) is 2.10. The van der Waals surface area contributed by atoms with Gasteiger partial charge in [0.1, 0.15) is 11.4 Å². The van der Waals surface area contributed by atoms with Gasteiger partial charge in [0, 0.05) is 25.0 Å². The SMILES string of the molecule is CN1CCc2c(-c3ccccc3)ccc(Nc3ncccc3C(=O)O)c2C1. The Morgan fingerprint density at radius 3 is 2.67 bits per heavy atom. The summed E-state index contributed by atoms with van der Waals surface area (Å²) in [4.78, 5) is 18.0. The number of rotatable bonds is 4.